The van der Waals surface area contributed by atoms with Crippen LogP contribution in [0.3, 0.4) is 0 Å². The molecule has 144 valence electrons. The zero-order valence-corrected chi connectivity index (χ0v) is 15.9. The van der Waals surface area contributed by atoms with E-state index in [1.165, 1.54) is 0 Å². The van der Waals surface area contributed by atoms with E-state index in [0.29, 0.717) is 12.1 Å². The van der Waals surface area contributed by atoms with Gasteiger partial charge in [-0.1, -0.05) is 12.1 Å². The summed E-state index contributed by atoms with van der Waals surface area (Å²) in [6.45, 7) is 0.543. The first-order valence-corrected chi connectivity index (χ1v) is 8.95. The third-order valence-corrected chi connectivity index (χ3v) is 4.24. The molecule has 0 aliphatic carbocycles. The second-order valence-electron chi connectivity index (χ2n) is 6.17. The van der Waals surface area contributed by atoms with Gasteiger partial charge in [-0.15, -0.1) is 0 Å². The van der Waals surface area contributed by atoms with Crippen LogP contribution in [-0.4, -0.2) is 31.7 Å². The van der Waals surface area contributed by atoms with Gasteiger partial charge >= 0.3 is 0 Å². The van der Waals surface area contributed by atoms with Crippen LogP contribution in [0.15, 0.2) is 67.0 Å². The average molecular weight is 377 g/mol. The molecule has 3 rings (SSSR count). The third-order valence-electron chi connectivity index (χ3n) is 4.24. The standard InChI is InChI=1S/C22H23N3O3/c1-27-20-7-3-16(4-8-20)11-12-24-22(26)17-13-19(15-23-14-17)25-18-5-9-21(28-2)10-6-18/h3-10,13-15,25H,11-12H2,1-2H3,(H,24,26). The van der Waals surface area contributed by atoms with Crippen molar-refractivity contribution in [1.29, 1.82) is 0 Å². The number of hydrogen-bond acceptors (Lipinski definition) is 5. The molecule has 1 heterocycles. The van der Waals surface area contributed by atoms with E-state index in [0.717, 1.165) is 34.9 Å². The fourth-order valence-electron chi connectivity index (χ4n) is 2.69. The van der Waals surface area contributed by atoms with Crippen LogP contribution in [0, 0.1) is 0 Å². The predicted octanol–water partition coefficient (Wildman–Crippen LogP) is 3.81. The summed E-state index contributed by atoms with van der Waals surface area (Å²) in [5.74, 6) is 1.45. The lowest BCUT2D eigenvalue weighted by Gasteiger charge is -2.09. The number of amides is 1. The molecule has 0 aliphatic heterocycles. The summed E-state index contributed by atoms with van der Waals surface area (Å²) in [6.07, 6.45) is 3.98. The Morgan fingerprint density at radius 1 is 0.893 bits per heavy atom. The number of pyridine rings is 1. The summed E-state index contributed by atoms with van der Waals surface area (Å²) >= 11 is 0. The molecule has 2 aromatic carbocycles. The van der Waals surface area contributed by atoms with Crippen LogP contribution in [0.1, 0.15) is 15.9 Å². The number of nitrogens with one attached hydrogen (secondary N) is 2. The Bertz CT molecular complexity index is 909. The number of benzene rings is 2. The minimum atomic E-state index is -0.153. The lowest BCUT2D eigenvalue weighted by Crippen LogP contribution is -2.25. The molecule has 0 saturated carbocycles. The second kappa shape index (κ2) is 9.41. The summed E-state index contributed by atoms with van der Waals surface area (Å²) in [7, 11) is 3.27. The van der Waals surface area contributed by atoms with Gasteiger partial charge in [0.05, 0.1) is 31.7 Å². The Morgan fingerprint density at radius 3 is 2.18 bits per heavy atom. The highest BCUT2D eigenvalue weighted by atomic mass is 16.5. The smallest absolute Gasteiger partial charge is 0.252 e. The molecule has 2 N–H and O–H groups in total. The van der Waals surface area contributed by atoms with Crippen molar-refractivity contribution in [3.8, 4) is 11.5 Å². The van der Waals surface area contributed by atoms with Crippen LogP contribution in [-0.2, 0) is 6.42 Å². The van der Waals surface area contributed by atoms with Crippen molar-refractivity contribution >= 4 is 17.3 Å². The van der Waals surface area contributed by atoms with E-state index < -0.39 is 0 Å². The lowest BCUT2D eigenvalue weighted by atomic mass is 10.1. The molecule has 0 aliphatic rings. The van der Waals surface area contributed by atoms with Gasteiger partial charge in [-0.3, -0.25) is 9.78 Å². The van der Waals surface area contributed by atoms with Gasteiger partial charge in [0, 0.05) is 18.4 Å². The summed E-state index contributed by atoms with van der Waals surface area (Å²) in [6, 6.07) is 17.1. The number of carbonyl (C=O) groups excluding carboxylic acids is 1. The van der Waals surface area contributed by atoms with E-state index in [1.54, 1.807) is 32.7 Å². The molecule has 0 fully saturated rings. The molecule has 3 aromatic rings. The van der Waals surface area contributed by atoms with Crippen molar-refractivity contribution in [2.45, 2.75) is 6.42 Å². The Hall–Kier alpha value is -3.54. The quantitative estimate of drug-likeness (QED) is 0.624. The van der Waals surface area contributed by atoms with Crippen LogP contribution in [0.2, 0.25) is 0 Å². The first kappa shape index (κ1) is 19.2. The number of carbonyl (C=O) groups is 1. The van der Waals surface area contributed by atoms with Gasteiger partial charge in [-0.05, 0) is 54.4 Å². The number of rotatable bonds is 8. The Labute approximate surface area is 164 Å². The maximum absolute atomic E-state index is 12.4. The van der Waals surface area contributed by atoms with Gasteiger partial charge in [0.2, 0.25) is 0 Å². The lowest BCUT2D eigenvalue weighted by molar-refractivity contribution is 0.0954. The van der Waals surface area contributed by atoms with Crippen molar-refractivity contribution in [2.75, 3.05) is 26.1 Å². The third kappa shape index (κ3) is 5.23. The Kier molecular flexibility index (Phi) is 6.46. The van der Waals surface area contributed by atoms with Crippen molar-refractivity contribution in [3.05, 3.63) is 78.1 Å². The second-order valence-corrected chi connectivity index (χ2v) is 6.17. The minimum Gasteiger partial charge on any atom is -0.497 e. The SMILES string of the molecule is COc1ccc(CCNC(=O)c2cncc(Nc3ccc(OC)cc3)c2)cc1. The van der Waals surface area contributed by atoms with E-state index in [9.17, 15) is 4.79 Å². The maximum Gasteiger partial charge on any atom is 0.252 e. The van der Waals surface area contributed by atoms with E-state index >= 15 is 0 Å². The number of nitrogens with zero attached hydrogens (tertiary/aromatic N) is 1. The molecule has 0 saturated heterocycles. The predicted molar refractivity (Wildman–Crippen MR) is 110 cm³/mol. The normalized spacial score (nSPS) is 10.2. The average Bonchev–Trinajstić information content (AvgIpc) is 2.75. The monoisotopic (exact) mass is 377 g/mol. The largest absolute Gasteiger partial charge is 0.497 e. The van der Waals surface area contributed by atoms with Gasteiger partial charge in [0.1, 0.15) is 11.5 Å². The molecule has 0 atom stereocenters. The Morgan fingerprint density at radius 2 is 1.54 bits per heavy atom. The molecule has 0 spiro atoms. The zero-order valence-electron chi connectivity index (χ0n) is 15.9. The molecule has 1 aromatic heterocycles. The van der Waals surface area contributed by atoms with Crippen molar-refractivity contribution in [3.63, 3.8) is 0 Å². The highest BCUT2D eigenvalue weighted by Gasteiger charge is 2.07. The molecule has 28 heavy (non-hydrogen) atoms. The van der Waals surface area contributed by atoms with Gasteiger partial charge < -0.3 is 20.1 Å². The van der Waals surface area contributed by atoms with E-state index in [1.807, 2.05) is 48.5 Å². The molecule has 0 radical (unpaired) electrons. The highest BCUT2D eigenvalue weighted by molar-refractivity contribution is 5.94. The number of aromatic nitrogens is 1. The molecular weight excluding hydrogens is 354 g/mol. The summed E-state index contributed by atoms with van der Waals surface area (Å²) in [4.78, 5) is 16.6. The minimum absolute atomic E-state index is 0.153. The van der Waals surface area contributed by atoms with Gasteiger partial charge in [-0.25, -0.2) is 0 Å². The van der Waals surface area contributed by atoms with Crippen LogP contribution >= 0.6 is 0 Å². The maximum atomic E-state index is 12.4. The van der Waals surface area contributed by atoms with Crippen molar-refractivity contribution < 1.29 is 14.3 Å². The van der Waals surface area contributed by atoms with Crippen LogP contribution in [0.25, 0.3) is 0 Å². The van der Waals surface area contributed by atoms with Crippen LogP contribution in [0.5, 0.6) is 11.5 Å². The molecule has 6 heteroatoms. The van der Waals surface area contributed by atoms with Gasteiger partial charge in [0.15, 0.2) is 0 Å². The number of methoxy groups -OCH3 is 2. The van der Waals surface area contributed by atoms with Crippen LogP contribution in [0.4, 0.5) is 11.4 Å². The fraction of sp³-hybridized carbons (Fsp3) is 0.182. The van der Waals surface area contributed by atoms with Gasteiger partial charge in [-0.2, -0.15) is 0 Å². The van der Waals surface area contributed by atoms with Gasteiger partial charge in [0.25, 0.3) is 5.91 Å². The summed E-state index contributed by atoms with van der Waals surface area (Å²) < 4.78 is 10.3. The zero-order chi connectivity index (χ0) is 19.8. The molecule has 6 nitrogen and oxygen atoms in total. The van der Waals surface area contributed by atoms with E-state index in [4.69, 9.17) is 9.47 Å². The molecule has 0 bridgehead atoms. The first-order valence-electron chi connectivity index (χ1n) is 8.95. The number of hydrogen-bond donors (Lipinski definition) is 2. The molecule has 1 amide bonds. The first-order chi connectivity index (χ1) is 13.7. The molecule has 0 unspecified atom stereocenters. The highest BCUT2D eigenvalue weighted by Crippen LogP contribution is 2.20. The summed E-state index contributed by atoms with van der Waals surface area (Å²) in [5, 5.41) is 6.16. The van der Waals surface area contributed by atoms with Crippen molar-refractivity contribution in [1.82, 2.24) is 10.3 Å². The fourth-order valence-corrected chi connectivity index (χ4v) is 2.69. The number of ether oxygens (including phenoxy) is 2. The van der Waals surface area contributed by atoms with E-state index in [-0.39, 0.29) is 5.91 Å². The number of anilines is 2. The van der Waals surface area contributed by atoms with Crippen LogP contribution < -0.4 is 20.1 Å². The van der Waals surface area contributed by atoms with E-state index in [2.05, 4.69) is 15.6 Å². The van der Waals surface area contributed by atoms with Crippen molar-refractivity contribution in [2.24, 2.45) is 0 Å². The molecular formula is C22H23N3O3. The Balaban J connectivity index is 1.55. The summed E-state index contributed by atoms with van der Waals surface area (Å²) in [5.41, 5.74) is 3.27. The topological polar surface area (TPSA) is 72.5 Å².